The average molecular weight is 509 g/mol. The Morgan fingerprint density at radius 3 is 2.79 bits per heavy atom. The summed E-state index contributed by atoms with van der Waals surface area (Å²) in [6.45, 7) is 0. The molecular formula is C22H19F3N4O3S2. The minimum Gasteiger partial charge on any atom is -0.465 e. The maximum Gasteiger partial charge on any atom is 0.433 e. The molecule has 5 rings (SSSR count). The fourth-order valence-electron chi connectivity index (χ4n) is 4.18. The molecule has 0 aromatic carbocycles. The van der Waals surface area contributed by atoms with Gasteiger partial charge in [0.05, 0.1) is 18.7 Å². The van der Waals surface area contributed by atoms with E-state index >= 15 is 0 Å². The van der Waals surface area contributed by atoms with Gasteiger partial charge in [0, 0.05) is 15.8 Å². The number of thiophene rings is 2. The molecule has 3 aromatic heterocycles. The topological polar surface area (TPSA) is 85.2 Å². The largest absolute Gasteiger partial charge is 0.465 e. The number of amides is 1. The van der Waals surface area contributed by atoms with Gasteiger partial charge in [-0.05, 0) is 48.8 Å². The number of rotatable bonds is 4. The summed E-state index contributed by atoms with van der Waals surface area (Å²) >= 11 is 2.62. The van der Waals surface area contributed by atoms with Gasteiger partial charge < -0.3 is 15.4 Å². The lowest BCUT2D eigenvalue weighted by atomic mass is 9.95. The number of hydrogen-bond donors (Lipinski definition) is 2. The van der Waals surface area contributed by atoms with Gasteiger partial charge in [-0.1, -0.05) is 6.07 Å². The number of hydrogen-bond acceptors (Lipinski definition) is 7. The third-order valence-corrected chi connectivity index (χ3v) is 7.89. The third kappa shape index (κ3) is 4.00. The highest BCUT2D eigenvalue weighted by Gasteiger charge is 2.41. The van der Waals surface area contributed by atoms with E-state index in [9.17, 15) is 22.8 Å². The van der Waals surface area contributed by atoms with Crippen LogP contribution in [0, 0.1) is 0 Å². The molecule has 4 heterocycles. The van der Waals surface area contributed by atoms with Crippen LogP contribution < -0.4 is 10.6 Å². The number of aryl methyl sites for hydroxylation is 1. The van der Waals surface area contributed by atoms with Gasteiger partial charge in [-0.3, -0.25) is 4.79 Å². The molecule has 0 radical (unpaired) electrons. The van der Waals surface area contributed by atoms with Crippen molar-refractivity contribution >= 4 is 51.1 Å². The Bertz CT molecular complexity index is 1290. The fourth-order valence-corrected chi connectivity index (χ4v) is 6.20. The van der Waals surface area contributed by atoms with Gasteiger partial charge in [0.25, 0.3) is 5.91 Å². The van der Waals surface area contributed by atoms with Crippen LogP contribution in [-0.2, 0) is 17.6 Å². The molecule has 7 nitrogen and oxygen atoms in total. The van der Waals surface area contributed by atoms with Gasteiger partial charge in [0.1, 0.15) is 16.5 Å². The number of fused-ring (bicyclic) bond motifs is 2. The van der Waals surface area contributed by atoms with Crippen molar-refractivity contribution in [1.82, 2.24) is 9.78 Å². The van der Waals surface area contributed by atoms with Gasteiger partial charge in [0.2, 0.25) is 0 Å². The Kier molecular flexibility index (Phi) is 5.72. The Morgan fingerprint density at radius 2 is 2.09 bits per heavy atom. The monoisotopic (exact) mass is 508 g/mol. The van der Waals surface area contributed by atoms with E-state index in [4.69, 9.17) is 4.74 Å². The first-order valence-corrected chi connectivity index (χ1v) is 12.2. The number of alkyl halides is 3. The molecule has 2 aliphatic rings. The molecule has 1 unspecified atom stereocenters. The van der Waals surface area contributed by atoms with Crippen molar-refractivity contribution in [3.8, 4) is 0 Å². The Labute approximate surface area is 200 Å². The lowest BCUT2D eigenvalue weighted by molar-refractivity contribution is -0.0747. The number of aromatic nitrogens is 2. The maximum atomic E-state index is 13.8. The Hall–Kier alpha value is -3.12. The van der Waals surface area contributed by atoms with Crippen LogP contribution in [0.3, 0.4) is 0 Å². The van der Waals surface area contributed by atoms with Crippen LogP contribution in [0.15, 0.2) is 29.7 Å². The minimum absolute atomic E-state index is 0.0528. The first kappa shape index (κ1) is 22.7. The van der Waals surface area contributed by atoms with E-state index < -0.39 is 29.8 Å². The molecular weight excluding hydrogens is 489 g/mol. The zero-order chi connectivity index (χ0) is 24.0. The minimum atomic E-state index is -4.67. The molecule has 12 heteroatoms. The summed E-state index contributed by atoms with van der Waals surface area (Å²) in [5.74, 6) is -1.21. The lowest BCUT2D eigenvalue weighted by Crippen LogP contribution is -2.26. The van der Waals surface area contributed by atoms with Gasteiger partial charge in [0.15, 0.2) is 5.69 Å². The smallest absolute Gasteiger partial charge is 0.433 e. The fraction of sp³-hybridized carbons (Fsp3) is 0.318. The van der Waals surface area contributed by atoms with E-state index in [1.54, 1.807) is 17.5 Å². The van der Waals surface area contributed by atoms with E-state index in [2.05, 4.69) is 15.7 Å². The second-order valence-corrected chi connectivity index (χ2v) is 9.96. The lowest BCUT2D eigenvalue weighted by Gasteiger charge is -2.25. The summed E-state index contributed by atoms with van der Waals surface area (Å²) in [6.07, 6.45) is -0.199. The van der Waals surface area contributed by atoms with Gasteiger partial charge in [-0.15, -0.1) is 22.7 Å². The molecule has 178 valence electrons. The normalized spacial score (nSPS) is 17.3. The van der Waals surface area contributed by atoms with Crippen molar-refractivity contribution in [2.24, 2.45) is 0 Å². The zero-order valence-electron chi connectivity index (χ0n) is 17.9. The van der Waals surface area contributed by atoms with E-state index in [-0.39, 0.29) is 11.5 Å². The average Bonchev–Trinajstić information content (AvgIpc) is 3.54. The van der Waals surface area contributed by atoms with E-state index in [0.717, 1.165) is 35.8 Å². The Morgan fingerprint density at radius 1 is 1.29 bits per heavy atom. The van der Waals surface area contributed by atoms with Crippen molar-refractivity contribution < 1.29 is 27.5 Å². The molecule has 1 aliphatic carbocycles. The maximum absolute atomic E-state index is 13.8. The van der Waals surface area contributed by atoms with Crippen molar-refractivity contribution in [2.45, 2.75) is 37.9 Å². The third-order valence-electron chi connectivity index (χ3n) is 5.73. The predicted octanol–water partition coefficient (Wildman–Crippen LogP) is 5.49. The van der Waals surface area contributed by atoms with Crippen LogP contribution in [0.25, 0.3) is 5.70 Å². The molecule has 0 saturated carbocycles. The number of allylic oxidation sites excluding steroid dienone is 1. The van der Waals surface area contributed by atoms with Gasteiger partial charge >= 0.3 is 12.1 Å². The first-order chi connectivity index (χ1) is 16.3. The quantitative estimate of drug-likeness (QED) is 0.455. The van der Waals surface area contributed by atoms with Crippen molar-refractivity contribution in [3.05, 3.63) is 56.2 Å². The number of ether oxygens (including phenoxy) is 1. The molecule has 1 atom stereocenters. The number of nitrogens with one attached hydrogen (secondary N) is 2. The van der Waals surface area contributed by atoms with Crippen LogP contribution in [0.4, 0.5) is 24.0 Å². The number of nitrogens with zero attached hydrogens (tertiary/aromatic N) is 2. The summed E-state index contributed by atoms with van der Waals surface area (Å²) in [6, 6.07) is 4.07. The second-order valence-electron chi connectivity index (χ2n) is 7.87. The van der Waals surface area contributed by atoms with Crippen LogP contribution in [0.5, 0.6) is 0 Å². The highest BCUT2D eigenvalue weighted by Crippen LogP contribution is 2.41. The predicted molar refractivity (Wildman–Crippen MR) is 123 cm³/mol. The summed E-state index contributed by atoms with van der Waals surface area (Å²) in [7, 11) is 1.27. The molecule has 0 spiro atoms. The zero-order valence-corrected chi connectivity index (χ0v) is 19.5. The number of halogens is 3. The molecule has 2 N–H and O–H groups in total. The summed E-state index contributed by atoms with van der Waals surface area (Å²) in [5, 5.41) is 11.7. The van der Waals surface area contributed by atoms with E-state index in [1.165, 1.54) is 35.8 Å². The van der Waals surface area contributed by atoms with Crippen LogP contribution >= 0.6 is 22.7 Å². The first-order valence-electron chi connectivity index (χ1n) is 10.5. The molecule has 34 heavy (non-hydrogen) atoms. The number of anilines is 2. The molecule has 1 aliphatic heterocycles. The summed E-state index contributed by atoms with van der Waals surface area (Å²) in [5.41, 5.74) is 0.00349. The van der Waals surface area contributed by atoms with Crippen molar-refractivity contribution in [1.29, 1.82) is 0 Å². The highest BCUT2D eigenvalue weighted by molar-refractivity contribution is 7.17. The number of carbonyl (C=O) groups excluding carboxylic acids is 2. The molecule has 0 fully saturated rings. The molecule has 0 bridgehead atoms. The van der Waals surface area contributed by atoms with Crippen LogP contribution in [0.2, 0.25) is 0 Å². The number of esters is 1. The summed E-state index contributed by atoms with van der Waals surface area (Å²) in [4.78, 5) is 27.1. The van der Waals surface area contributed by atoms with Crippen molar-refractivity contribution in [3.63, 3.8) is 0 Å². The van der Waals surface area contributed by atoms with Crippen LogP contribution in [-0.4, -0.2) is 34.9 Å². The molecule has 0 saturated heterocycles. The van der Waals surface area contributed by atoms with E-state index in [1.807, 2.05) is 0 Å². The van der Waals surface area contributed by atoms with E-state index in [0.29, 0.717) is 26.5 Å². The van der Waals surface area contributed by atoms with Gasteiger partial charge in [-0.25, -0.2) is 9.48 Å². The highest BCUT2D eigenvalue weighted by atomic mass is 32.1. The Balaban J connectivity index is 1.47. The standard InChI is InChI=1S/C22H19F3N4O3S2/c1-32-21(31)18-11-5-2-3-6-14(11)34-20(18)27-19(30)13-10-17-26-12(15-7-4-8-33-15)9-16(22(23,24)25)29(17)28-13/h4,7-10,12,26H,2-3,5-6H2,1H3,(H,27,30). The van der Waals surface area contributed by atoms with Crippen LogP contribution in [0.1, 0.15) is 55.0 Å². The summed E-state index contributed by atoms with van der Waals surface area (Å²) < 4.78 is 47.0. The van der Waals surface area contributed by atoms with Gasteiger partial charge in [-0.2, -0.15) is 18.3 Å². The van der Waals surface area contributed by atoms with Crippen molar-refractivity contribution in [2.75, 3.05) is 17.7 Å². The molecule has 3 aromatic rings. The molecule has 1 amide bonds. The SMILES string of the molecule is COC(=O)c1c(NC(=O)c2cc3n(n2)C(C(F)(F)F)=CC(c2cccs2)N3)sc2c1CCCC2. The number of carbonyl (C=O) groups is 2. The number of methoxy groups -OCH3 is 1. The second kappa shape index (κ2) is 8.58.